The standard InChI is InChI=1S/C14H23ClO2Si/c1-12(2)7-6-10-16-18(3,4)17-14-9-5-8-13(15)11-14/h5,8-9,11-12H,6-7,10H2,1-4H3. The van der Waals surface area contributed by atoms with Crippen molar-refractivity contribution in [2.75, 3.05) is 6.61 Å². The number of hydrogen-bond acceptors (Lipinski definition) is 2. The van der Waals surface area contributed by atoms with Crippen molar-refractivity contribution in [3.05, 3.63) is 29.3 Å². The molecule has 0 aromatic heterocycles. The van der Waals surface area contributed by atoms with Crippen molar-refractivity contribution in [2.24, 2.45) is 5.92 Å². The van der Waals surface area contributed by atoms with Crippen molar-refractivity contribution >= 4 is 20.2 Å². The minimum atomic E-state index is -2.10. The fourth-order valence-electron chi connectivity index (χ4n) is 1.65. The van der Waals surface area contributed by atoms with Crippen molar-refractivity contribution in [2.45, 2.75) is 39.8 Å². The molecule has 102 valence electrons. The zero-order chi connectivity index (χ0) is 13.6. The Morgan fingerprint density at radius 1 is 1.28 bits per heavy atom. The zero-order valence-corrected chi connectivity index (χ0v) is 13.5. The number of hydrogen-bond donors (Lipinski definition) is 0. The van der Waals surface area contributed by atoms with Gasteiger partial charge < -0.3 is 8.85 Å². The van der Waals surface area contributed by atoms with E-state index >= 15 is 0 Å². The molecule has 0 spiro atoms. The van der Waals surface area contributed by atoms with E-state index in [2.05, 4.69) is 26.9 Å². The quantitative estimate of drug-likeness (QED) is 0.526. The number of rotatable bonds is 7. The van der Waals surface area contributed by atoms with Crippen LogP contribution >= 0.6 is 11.6 Å². The Bertz CT molecular complexity index is 367. The lowest BCUT2D eigenvalue weighted by Gasteiger charge is -2.24. The molecule has 18 heavy (non-hydrogen) atoms. The average Bonchev–Trinajstić information content (AvgIpc) is 2.23. The molecular formula is C14H23ClO2Si. The Labute approximate surface area is 117 Å². The average molecular weight is 287 g/mol. The summed E-state index contributed by atoms with van der Waals surface area (Å²) >= 11 is 5.93. The van der Waals surface area contributed by atoms with Gasteiger partial charge >= 0.3 is 8.56 Å². The van der Waals surface area contributed by atoms with E-state index in [1.807, 2.05) is 24.3 Å². The van der Waals surface area contributed by atoms with E-state index in [9.17, 15) is 0 Å². The summed E-state index contributed by atoms with van der Waals surface area (Å²) < 4.78 is 11.8. The van der Waals surface area contributed by atoms with Gasteiger partial charge in [-0.3, -0.25) is 0 Å². The van der Waals surface area contributed by atoms with Gasteiger partial charge in [0.15, 0.2) is 0 Å². The van der Waals surface area contributed by atoms with E-state index in [0.29, 0.717) is 5.02 Å². The van der Waals surface area contributed by atoms with E-state index in [1.54, 1.807) is 0 Å². The third-order valence-electron chi connectivity index (χ3n) is 2.54. The van der Waals surface area contributed by atoms with Gasteiger partial charge in [0.1, 0.15) is 5.75 Å². The predicted molar refractivity (Wildman–Crippen MR) is 79.6 cm³/mol. The van der Waals surface area contributed by atoms with Gasteiger partial charge in [0.25, 0.3) is 0 Å². The third kappa shape index (κ3) is 6.43. The zero-order valence-electron chi connectivity index (χ0n) is 11.7. The van der Waals surface area contributed by atoms with Crippen molar-refractivity contribution in [1.82, 2.24) is 0 Å². The van der Waals surface area contributed by atoms with E-state index in [1.165, 1.54) is 6.42 Å². The van der Waals surface area contributed by atoms with Crippen LogP contribution < -0.4 is 4.43 Å². The summed E-state index contributed by atoms with van der Waals surface area (Å²) in [6.07, 6.45) is 2.29. The second-order valence-electron chi connectivity index (χ2n) is 5.34. The van der Waals surface area contributed by atoms with Crippen molar-refractivity contribution in [3.63, 3.8) is 0 Å². The first kappa shape index (κ1) is 15.5. The van der Waals surface area contributed by atoms with Crippen LogP contribution in [-0.4, -0.2) is 15.2 Å². The molecule has 0 heterocycles. The van der Waals surface area contributed by atoms with Crippen LogP contribution in [0.25, 0.3) is 0 Å². The Balaban J connectivity index is 2.39. The van der Waals surface area contributed by atoms with Gasteiger partial charge in [-0.05, 0) is 50.1 Å². The van der Waals surface area contributed by atoms with E-state index in [4.69, 9.17) is 20.5 Å². The first-order valence-corrected chi connectivity index (χ1v) is 9.67. The van der Waals surface area contributed by atoms with Gasteiger partial charge in [-0.2, -0.15) is 0 Å². The minimum absolute atomic E-state index is 0.692. The van der Waals surface area contributed by atoms with Crippen molar-refractivity contribution in [1.29, 1.82) is 0 Å². The van der Waals surface area contributed by atoms with Crippen LogP contribution in [0.3, 0.4) is 0 Å². The Morgan fingerprint density at radius 3 is 2.61 bits per heavy atom. The molecule has 0 fully saturated rings. The van der Waals surface area contributed by atoms with Crippen LogP contribution in [0.2, 0.25) is 18.1 Å². The summed E-state index contributed by atoms with van der Waals surface area (Å²) in [5.74, 6) is 1.52. The molecular weight excluding hydrogens is 264 g/mol. The number of benzene rings is 1. The lowest BCUT2D eigenvalue weighted by Crippen LogP contribution is -2.38. The summed E-state index contributed by atoms with van der Waals surface area (Å²) in [5.41, 5.74) is 0. The maximum atomic E-state index is 5.93. The Hall–Kier alpha value is -0.513. The molecule has 0 aliphatic carbocycles. The van der Waals surface area contributed by atoms with E-state index in [0.717, 1.165) is 24.7 Å². The maximum absolute atomic E-state index is 5.93. The molecule has 0 unspecified atom stereocenters. The van der Waals surface area contributed by atoms with Crippen molar-refractivity contribution < 1.29 is 8.85 Å². The molecule has 0 aliphatic heterocycles. The summed E-state index contributed by atoms with van der Waals surface area (Å²) in [6, 6.07) is 7.47. The molecule has 1 aromatic rings. The van der Waals surface area contributed by atoms with Crippen LogP contribution in [-0.2, 0) is 4.43 Å². The van der Waals surface area contributed by atoms with Crippen LogP contribution in [0.4, 0.5) is 0 Å². The molecule has 0 atom stereocenters. The highest BCUT2D eigenvalue weighted by Gasteiger charge is 2.26. The molecule has 2 nitrogen and oxygen atoms in total. The second kappa shape index (κ2) is 7.17. The smallest absolute Gasteiger partial charge is 0.392 e. The normalized spacial score (nSPS) is 11.9. The van der Waals surface area contributed by atoms with E-state index in [-0.39, 0.29) is 0 Å². The van der Waals surface area contributed by atoms with Crippen molar-refractivity contribution in [3.8, 4) is 5.75 Å². The van der Waals surface area contributed by atoms with Crippen LogP contribution in [0.5, 0.6) is 5.75 Å². The topological polar surface area (TPSA) is 18.5 Å². The largest absolute Gasteiger partial charge is 0.520 e. The highest BCUT2D eigenvalue weighted by Crippen LogP contribution is 2.21. The lowest BCUT2D eigenvalue weighted by atomic mass is 10.1. The molecule has 4 heteroatoms. The van der Waals surface area contributed by atoms with E-state index < -0.39 is 8.56 Å². The van der Waals surface area contributed by atoms with Gasteiger partial charge in [-0.1, -0.05) is 31.5 Å². The third-order valence-corrected chi connectivity index (χ3v) is 4.40. The molecule has 0 N–H and O–H groups in total. The highest BCUT2D eigenvalue weighted by molar-refractivity contribution is 6.65. The van der Waals surface area contributed by atoms with Crippen LogP contribution in [0.1, 0.15) is 26.7 Å². The maximum Gasteiger partial charge on any atom is 0.392 e. The first-order chi connectivity index (χ1) is 8.39. The molecule has 0 aliphatic rings. The Kier molecular flexibility index (Phi) is 6.19. The van der Waals surface area contributed by atoms with Gasteiger partial charge in [0.05, 0.1) is 0 Å². The lowest BCUT2D eigenvalue weighted by molar-refractivity contribution is 0.237. The van der Waals surface area contributed by atoms with Gasteiger partial charge in [-0.25, -0.2) is 0 Å². The van der Waals surface area contributed by atoms with Gasteiger partial charge in [-0.15, -0.1) is 0 Å². The van der Waals surface area contributed by atoms with Crippen LogP contribution in [0, 0.1) is 5.92 Å². The summed E-state index contributed by atoms with van der Waals surface area (Å²) in [4.78, 5) is 0. The van der Waals surface area contributed by atoms with Gasteiger partial charge in [0.2, 0.25) is 0 Å². The minimum Gasteiger partial charge on any atom is -0.520 e. The monoisotopic (exact) mass is 286 g/mol. The molecule has 0 radical (unpaired) electrons. The summed E-state index contributed by atoms with van der Waals surface area (Å²) in [5, 5.41) is 0.692. The summed E-state index contributed by atoms with van der Waals surface area (Å²) in [7, 11) is -2.10. The van der Waals surface area contributed by atoms with Gasteiger partial charge in [0, 0.05) is 11.6 Å². The van der Waals surface area contributed by atoms with Crippen LogP contribution in [0.15, 0.2) is 24.3 Å². The Morgan fingerprint density at radius 2 is 2.00 bits per heavy atom. The molecule has 0 saturated heterocycles. The molecule has 0 bridgehead atoms. The SMILES string of the molecule is CC(C)CCCO[Si](C)(C)Oc1cccc(Cl)c1. The second-order valence-corrected chi connectivity index (χ2v) is 9.07. The molecule has 0 saturated carbocycles. The highest BCUT2D eigenvalue weighted by atomic mass is 35.5. The number of halogens is 1. The molecule has 1 rings (SSSR count). The first-order valence-electron chi connectivity index (χ1n) is 6.47. The predicted octanol–water partition coefficient (Wildman–Crippen LogP) is 4.87. The fraction of sp³-hybridized carbons (Fsp3) is 0.571. The summed E-state index contributed by atoms with van der Waals surface area (Å²) in [6.45, 7) is 9.35. The molecule has 0 amide bonds. The fourth-order valence-corrected chi connectivity index (χ4v) is 3.22. The molecule has 1 aromatic carbocycles.